The number of halogens is 1. The van der Waals surface area contributed by atoms with Crippen LogP contribution in [0.25, 0.3) is 0 Å². The van der Waals surface area contributed by atoms with Gasteiger partial charge in [-0.2, -0.15) is 0 Å². The summed E-state index contributed by atoms with van der Waals surface area (Å²) in [7, 11) is -0.599. The number of sulfonamides is 1. The Bertz CT molecular complexity index is 874. The standard InChI is InChI=1S/C18H23N3O4S.ClH/c1-13(19-2)12-20-18(22)14-7-6-8-15(11-14)26(23,24)21-16-9-4-5-10-17(16)25-3;/h4-11,13,19,21H,12H2,1-3H3,(H,20,22);1H. The lowest BCUT2D eigenvalue weighted by molar-refractivity contribution is 0.0950. The first-order valence-electron chi connectivity index (χ1n) is 8.08. The molecule has 0 heterocycles. The van der Waals surface area contributed by atoms with Crippen LogP contribution in [0.2, 0.25) is 0 Å². The van der Waals surface area contributed by atoms with E-state index in [4.69, 9.17) is 4.74 Å². The van der Waals surface area contributed by atoms with Crippen LogP contribution >= 0.6 is 12.4 Å². The van der Waals surface area contributed by atoms with E-state index in [-0.39, 0.29) is 34.8 Å². The van der Waals surface area contributed by atoms with E-state index in [0.717, 1.165) is 0 Å². The van der Waals surface area contributed by atoms with Gasteiger partial charge in [0.15, 0.2) is 0 Å². The van der Waals surface area contributed by atoms with E-state index < -0.39 is 10.0 Å². The monoisotopic (exact) mass is 413 g/mol. The summed E-state index contributed by atoms with van der Waals surface area (Å²) >= 11 is 0. The Hall–Kier alpha value is -2.29. The van der Waals surface area contributed by atoms with Crippen LogP contribution in [-0.2, 0) is 10.0 Å². The molecular formula is C18H24ClN3O4S. The van der Waals surface area contributed by atoms with Crippen LogP contribution in [0.3, 0.4) is 0 Å². The minimum Gasteiger partial charge on any atom is -0.495 e. The number of rotatable bonds is 8. The van der Waals surface area contributed by atoms with Crippen molar-refractivity contribution in [3.63, 3.8) is 0 Å². The van der Waals surface area contributed by atoms with Crippen LogP contribution in [0.4, 0.5) is 5.69 Å². The van der Waals surface area contributed by atoms with E-state index >= 15 is 0 Å². The van der Waals surface area contributed by atoms with Crippen molar-refractivity contribution < 1.29 is 17.9 Å². The van der Waals surface area contributed by atoms with Crippen LogP contribution in [-0.4, -0.2) is 41.1 Å². The highest BCUT2D eigenvalue weighted by molar-refractivity contribution is 7.92. The number of ether oxygens (including phenoxy) is 1. The van der Waals surface area contributed by atoms with Crippen LogP contribution in [0.15, 0.2) is 53.4 Å². The van der Waals surface area contributed by atoms with Gasteiger partial charge in [0.05, 0.1) is 17.7 Å². The fourth-order valence-electron chi connectivity index (χ4n) is 2.19. The summed E-state index contributed by atoms with van der Waals surface area (Å²) in [6.07, 6.45) is 0. The first-order valence-corrected chi connectivity index (χ1v) is 9.57. The molecule has 1 atom stereocenters. The summed E-state index contributed by atoms with van der Waals surface area (Å²) in [5.41, 5.74) is 0.601. The summed E-state index contributed by atoms with van der Waals surface area (Å²) in [5.74, 6) is 0.0764. The average molecular weight is 414 g/mol. The molecule has 0 saturated carbocycles. The highest BCUT2D eigenvalue weighted by Crippen LogP contribution is 2.26. The Morgan fingerprint density at radius 3 is 2.52 bits per heavy atom. The Morgan fingerprint density at radius 2 is 1.85 bits per heavy atom. The number of anilines is 1. The molecule has 1 amide bonds. The minimum absolute atomic E-state index is 0. The highest BCUT2D eigenvalue weighted by Gasteiger charge is 2.18. The van der Waals surface area contributed by atoms with Crippen LogP contribution in [0.1, 0.15) is 17.3 Å². The van der Waals surface area contributed by atoms with Gasteiger partial charge in [0.2, 0.25) is 0 Å². The second kappa shape index (κ2) is 10.1. The van der Waals surface area contributed by atoms with E-state index in [9.17, 15) is 13.2 Å². The van der Waals surface area contributed by atoms with Crippen LogP contribution in [0.5, 0.6) is 5.75 Å². The van der Waals surface area contributed by atoms with Crippen molar-refractivity contribution in [3.05, 3.63) is 54.1 Å². The topological polar surface area (TPSA) is 96.5 Å². The molecule has 0 aromatic heterocycles. The van der Waals surface area contributed by atoms with Crippen molar-refractivity contribution in [2.24, 2.45) is 0 Å². The predicted molar refractivity (Wildman–Crippen MR) is 108 cm³/mol. The predicted octanol–water partition coefficient (Wildman–Crippen LogP) is 2.26. The van der Waals surface area contributed by atoms with Gasteiger partial charge in [-0.3, -0.25) is 9.52 Å². The largest absolute Gasteiger partial charge is 0.495 e. The Morgan fingerprint density at radius 1 is 1.15 bits per heavy atom. The van der Waals surface area contributed by atoms with Gasteiger partial charge in [-0.15, -0.1) is 12.4 Å². The van der Waals surface area contributed by atoms with Crippen molar-refractivity contribution in [3.8, 4) is 5.75 Å². The first kappa shape index (κ1) is 22.8. The zero-order valence-electron chi connectivity index (χ0n) is 15.4. The molecule has 2 aromatic carbocycles. The Balaban J connectivity index is 0.00000364. The second-order valence-electron chi connectivity index (χ2n) is 5.73. The minimum atomic E-state index is -3.86. The van der Waals surface area contributed by atoms with E-state index in [0.29, 0.717) is 18.0 Å². The van der Waals surface area contributed by atoms with Crippen molar-refractivity contribution in [2.75, 3.05) is 25.4 Å². The zero-order chi connectivity index (χ0) is 19.2. The van der Waals surface area contributed by atoms with Gasteiger partial charge in [0.25, 0.3) is 15.9 Å². The van der Waals surface area contributed by atoms with Gasteiger partial charge >= 0.3 is 0 Å². The lowest BCUT2D eigenvalue weighted by Crippen LogP contribution is -2.37. The van der Waals surface area contributed by atoms with E-state index in [2.05, 4.69) is 15.4 Å². The lowest BCUT2D eigenvalue weighted by atomic mass is 10.2. The maximum atomic E-state index is 12.6. The normalized spacial score (nSPS) is 11.8. The maximum Gasteiger partial charge on any atom is 0.262 e. The molecule has 0 spiro atoms. The van der Waals surface area contributed by atoms with Gasteiger partial charge in [-0.05, 0) is 44.3 Å². The molecule has 0 fully saturated rings. The molecule has 0 bridgehead atoms. The number of carbonyl (C=O) groups is 1. The number of methoxy groups -OCH3 is 1. The molecule has 0 saturated heterocycles. The van der Waals surface area contributed by atoms with Crippen LogP contribution in [0, 0.1) is 0 Å². The maximum absolute atomic E-state index is 12.6. The number of amides is 1. The van der Waals surface area contributed by atoms with Crippen molar-refractivity contribution in [1.82, 2.24) is 10.6 Å². The number of para-hydroxylation sites is 2. The third kappa shape index (κ3) is 6.13. The van der Waals surface area contributed by atoms with E-state index in [1.807, 2.05) is 6.92 Å². The quantitative estimate of drug-likeness (QED) is 0.616. The summed E-state index contributed by atoms with van der Waals surface area (Å²) in [6, 6.07) is 12.7. The third-order valence-electron chi connectivity index (χ3n) is 3.82. The molecule has 148 valence electrons. The summed E-state index contributed by atoms with van der Waals surface area (Å²) in [5, 5.41) is 5.77. The highest BCUT2D eigenvalue weighted by atomic mass is 35.5. The molecule has 2 aromatic rings. The molecule has 1 unspecified atom stereocenters. The van der Waals surface area contributed by atoms with Gasteiger partial charge in [-0.25, -0.2) is 8.42 Å². The number of hydrogen-bond donors (Lipinski definition) is 3. The van der Waals surface area contributed by atoms with Crippen molar-refractivity contribution >= 4 is 34.0 Å². The third-order valence-corrected chi connectivity index (χ3v) is 5.18. The summed E-state index contributed by atoms with van der Waals surface area (Å²) in [6.45, 7) is 2.37. The molecule has 0 aliphatic heterocycles. The van der Waals surface area contributed by atoms with Crippen LogP contribution < -0.4 is 20.1 Å². The molecule has 0 aliphatic carbocycles. The summed E-state index contributed by atoms with van der Waals surface area (Å²) < 4.78 is 32.9. The fourth-order valence-corrected chi connectivity index (χ4v) is 3.30. The number of hydrogen-bond acceptors (Lipinski definition) is 5. The van der Waals surface area contributed by atoms with E-state index in [1.54, 1.807) is 37.4 Å². The number of carbonyl (C=O) groups excluding carboxylic acids is 1. The molecule has 27 heavy (non-hydrogen) atoms. The molecule has 9 heteroatoms. The lowest BCUT2D eigenvalue weighted by Gasteiger charge is -2.13. The molecule has 0 radical (unpaired) electrons. The van der Waals surface area contributed by atoms with Crippen molar-refractivity contribution in [2.45, 2.75) is 17.9 Å². The van der Waals surface area contributed by atoms with Gasteiger partial charge in [0.1, 0.15) is 5.75 Å². The Kier molecular flexibility index (Phi) is 8.55. The molecule has 3 N–H and O–H groups in total. The van der Waals surface area contributed by atoms with Gasteiger partial charge < -0.3 is 15.4 Å². The Labute approximate surface area is 166 Å². The molecule has 0 aliphatic rings. The smallest absolute Gasteiger partial charge is 0.262 e. The number of nitrogens with one attached hydrogen (secondary N) is 3. The van der Waals surface area contributed by atoms with Gasteiger partial charge in [-0.1, -0.05) is 18.2 Å². The molecule has 7 nitrogen and oxygen atoms in total. The number of likely N-dealkylation sites (N-methyl/N-ethyl adjacent to an activating group) is 1. The first-order chi connectivity index (χ1) is 12.4. The number of benzene rings is 2. The summed E-state index contributed by atoms with van der Waals surface area (Å²) in [4.78, 5) is 12.2. The SMILES string of the molecule is CNC(C)CNC(=O)c1cccc(S(=O)(=O)Nc2ccccc2OC)c1.Cl. The van der Waals surface area contributed by atoms with Gasteiger partial charge in [0, 0.05) is 18.2 Å². The second-order valence-corrected chi connectivity index (χ2v) is 7.42. The molecule has 2 rings (SSSR count). The average Bonchev–Trinajstić information content (AvgIpc) is 2.66. The fraction of sp³-hybridized carbons (Fsp3) is 0.278. The van der Waals surface area contributed by atoms with Crippen molar-refractivity contribution in [1.29, 1.82) is 0 Å². The molecular weight excluding hydrogens is 390 g/mol. The van der Waals surface area contributed by atoms with E-state index in [1.165, 1.54) is 25.3 Å². The zero-order valence-corrected chi connectivity index (χ0v) is 17.0.